The second-order valence-corrected chi connectivity index (χ2v) is 8.35. The van der Waals surface area contributed by atoms with Gasteiger partial charge in [-0.25, -0.2) is 19.4 Å². The van der Waals surface area contributed by atoms with Gasteiger partial charge in [0.1, 0.15) is 23.0 Å². The fraction of sp³-hybridized carbons (Fsp3) is 0.250. The Kier molecular flexibility index (Phi) is 5.73. The van der Waals surface area contributed by atoms with E-state index in [0.29, 0.717) is 46.8 Å². The number of nitrogens with zero attached hydrogens (tertiary/aromatic N) is 6. The smallest absolute Gasteiger partial charge is 0.434 e. The molecular weight excluding hydrogens is 478 g/mol. The Hall–Kier alpha value is -4.22. The van der Waals surface area contributed by atoms with Gasteiger partial charge in [0.05, 0.1) is 13.2 Å². The molecule has 12 heteroatoms. The number of anilines is 1. The third kappa shape index (κ3) is 4.08. The molecule has 186 valence electrons. The molecule has 0 atom stereocenters. The minimum Gasteiger partial charge on any atom is -0.493 e. The monoisotopic (exact) mass is 499 g/mol. The fourth-order valence-electron chi connectivity index (χ4n) is 4.32. The largest absolute Gasteiger partial charge is 0.493 e. The quantitative estimate of drug-likeness (QED) is 0.253. The van der Waals surface area contributed by atoms with E-state index in [4.69, 9.17) is 4.74 Å². The molecule has 3 aromatic heterocycles. The summed E-state index contributed by atoms with van der Waals surface area (Å²) in [6, 6.07) is 4.67. The number of aromatic nitrogens is 4. The van der Waals surface area contributed by atoms with Crippen molar-refractivity contribution in [1.29, 1.82) is 0 Å². The van der Waals surface area contributed by atoms with E-state index < -0.39 is 11.9 Å². The van der Waals surface area contributed by atoms with Gasteiger partial charge >= 0.3 is 6.18 Å². The highest BCUT2D eigenvalue weighted by molar-refractivity contribution is 5.84. The summed E-state index contributed by atoms with van der Waals surface area (Å²) in [5.41, 5.74) is 4.92. The van der Waals surface area contributed by atoms with E-state index in [-0.39, 0.29) is 23.6 Å². The summed E-state index contributed by atoms with van der Waals surface area (Å²) in [6.07, 6.45) is -0.0221. The van der Waals surface area contributed by atoms with Crippen LogP contribution in [0.4, 0.5) is 23.4 Å². The van der Waals surface area contributed by atoms with Crippen LogP contribution in [0.25, 0.3) is 16.8 Å². The number of hydrogen-bond donors (Lipinski definition) is 1. The predicted octanol–water partition coefficient (Wildman–Crippen LogP) is 4.26. The number of alkyl halides is 3. The van der Waals surface area contributed by atoms with Gasteiger partial charge in [-0.3, -0.25) is 9.99 Å². The Morgan fingerprint density at radius 3 is 2.78 bits per heavy atom. The maximum Gasteiger partial charge on any atom is 0.434 e. The van der Waals surface area contributed by atoms with Crippen molar-refractivity contribution < 1.29 is 22.3 Å². The second-order valence-electron chi connectivity index (χ2n) is 8.35. The van der Waals surface area contributed by atoms with Crippen LogP contribution in [0.2, 0.25) is 0 Å². The summed E-state index contributed by atoms with van der Waals surface area (Å²) in [5, 5.41) is 3.75. The average Bonchev–Trinajstić information content (AvgIpc) is 3.47. The van der Waals surface area contributed by atoms with E-state index in [9.17, 15) is 17.6 Å². The molecule has 1 aromatic carbocycles. The molecule has 1 aliphatic rings. The number of rotatable bonds is 5. The summed E-state index contributed by atoms with van der Waals surface area (Å²) in [6.45, 7) is 5.75. The SMILES string of the molecule is C=NNc1c(-c2cc(C)cn3cc(C(F)(F)F)nc23)cnc(=NCc2c(F)ccc3c2CCO3)n1C. The first kappa shape index (κ1) is 23.5. The lowest BCUT2D eigenvalue weighted by atomic mass is 10.0. The Morgan fingerprint density at radius 2 is 2.03 bits per heavy atom. The Bertz CT molecular complexity index is 1570. The molecule has 1 aliphatic heterocycles. The van der Waals surface area contributed by atoms with Crippen molar-refractivity contribution in [3.63, 3.8) is 0 Å². The summed E-state index contributed by atoms with van der Waals surface area (Å²) in [5.74, 6) is 0.647. The molecule has 0 unspecified atom stereocenters. The Morgan fingerprint density at radius 1 is 1.22 bits per heavy atom. The number of halogens is 4. The third-order valence-electron chi connectivity index (χ3n) is 5.97. The maximum absolute atomic E-state index is 14.5. The van der Waals surface area contributed by atoms with Gasteiger partial charge in [0.15, 0.2) is 5.69 Å². The summed E-state index contributed by atoms with van der Waals surface area (Å²) in [4.78, 5) is 12.7. The molecule has 0 saturated carbocycles. The van der Waals surface area contributed by atoms with Crippen LogP contribution in [0, 0.1) is 12.7 Å². The summed E-state index contributed by atoms with van der Waals surface area (Å²) >= 11 is 0. The van der Waals surface area contributed by atoms with Gasteiger partial charge < -0.3 is 9.14 Å². The first-order valence-corrected chi connectivity index (χ1v) is 11.0. The van der Waals surface area contributed by atoms with Gasteiger partial charge in [-0.15, -0.1) is 0 Å². The number of nitrogens with one attached hydrogen (secondary N) is 1. The number of hydrogen-bond acceptors (Lipinski definition) is 6. The molecule has 0 bridgehead atoms. The van der Waals surface area contributed by atoms with Crippen LogP contribution in [-0.2, 0) is 26.2 Å². The van der Waals surface area contributed by atoms with Crippen LogP contribution in [0.15, 0.2) is 46.9 Å². The zero-order chi connectivity index (χ0) is 25.6. The molecule has 8 nitrogen and oxygen atoms in total. The molecule has 4 aromatic rings. The van der Waals surface area contributed by atoms with Gasteiger partial charge in [0.25, 0.3) is 0 Å². The summed E-state index contributed by atoms with van der Waals surface area (Å²) in [7, 11) is 1.66. The zero-order valence-corrected chi connectivity index (χ0v) is 19.4. The van der Waals surface area contributed by atoms with Crippen molar-refractivity contribution in [1.82, 2.24) is 18.9 Å². The molecule has 0 radical (unpaired) electrons. The average molecular weight is 499 g/mol. The number of imidazole rings is 1. The van der Waals surface area contributed by atoms with E-state index in [1.54, 1.807) is 36.9 Å². The second kappa shape index (κ2) is 8.77. The van der Waals surface area contributed by atoms with Gasteiger partial charge in [0, 0.05) is 61.0 Å². The Labute approximate surface area is 202 Å². The fourth-order valence-corrected chi connectivity index (χ4v) is 4.32. The standard InChI is InChI=1S/C24H21F4N7O/c1-13-8-15(21-32-20(24(26,27)28)12-35(21)11-13)17-10-31-23(34(3)22(17)33-29-2)30-9-16-14-6-7-36-19(14)5-4-18(16)25/h4-5,8,10-12,33H,2,6-7,9H2,1,3H3. The molecule has 0 fully saturated rings. The van der Waals surface area contributed by atoms with E-state index in [2.05, 4.69) is 32.2 Å². The van der Waals surface area contributed by atoms with E-state index >= 15 is 0 Å². The topological polar surface area (TPSA) is 81.1 Å². The molecule has 1 N–H and O–H groups in total. The summed E-state index contributed by atoms with van der Waals surface area (Å²) < 4.78 is 63.0. The van der Waals surface area contributed by atoms with Gasteiger partial charge in [-0.1, -0.05) is 0 Å². The maximum atomic E-state index is 14.5. The van der Waals surface area contributed by atoms with Crippen LogP contribution in [0.1, 0.15) is 22.4 Å². The van der Waals surface area contributed by atoms with Gasteiger partial charge in [-0.2, -0.15) is 18.3 Å². The first-order chi connectivity index (χ1) is 17.2. The molecule has 4 heterocycles. The molecule has 0 saturated heterocycles. The van der Waals surface area contributed by atoms with Crippen LogP contribution < -0.4 is 15.8 Å². The van der Waals surface area contributed by atoms with Crippen molar-refractivity contribution in [3.05, 3.63) is 70.6 Å². The lowest BCUT2D eigenvalue weighted by Crippen LogP contribution is -2.25. The van der Waals surface area contributed by atoms with Crippen molar-refractivity contribution in [2.24, 2.45) is 17.1 Å². The Balaban J connectivity index is 1.64. The number of fused-ring (bicyclic) bond motifs is 2. The number of ether oxygens (including phenoxy) is 1. The lowest BCUT2D eigenvalue weighted by Gasteiger charge is -2.15. The van der Waals surface area contributed by atoms with Gasteiger partial charge in [0.2, 0.25) is 5.62 Å². The van der Waals surface area contributed by atoms with Crippen molar-refractivity contribution >= 4 is 18.2 Å². The predicted molar refractivity (Wildman–Crippen MR) is 125 cm³/mol. The molecular formula is C24H21F4N7O. The highest BCUT2D eigenvalue weighted by Gasteiger charge is 2.34. The number of hydrazone groups is 1. The zero-order valence-electron chi connectivity index (χ0n) is 19.4. The molecule has 0 spiro atoms. The number of pyridine rings is 1. The third-order valence-corrected chi connectivity index (χ3v) is 5.97. The van der Waals surface area contributed by atoms with E-state index in [1.165, 1.54) is 16.7 Å². The number of aryl methyl sites for hydroxylation is 1. The van der Waals surface area contributed by atoms with E-state index in [0.717, 1.165) is 11.8 Å². The van der Waals surface area contributed by atoms with Crippen molar-refractivity contribution in [3.8, 4) is 16.9 Å². The van der Waals surface area contributed by atoms with Crippen LogP contribution in [0.3, 0.4) is 0 Å². The van der Waals surface area contributed by atoms with Crippen LogP contribution in [0.5, 0.6) is 5.75 Å². The molecule has 0 amide bonds. The van der Waals surface area contributed by atoms with Crippen molar-refractivity contribution in [2.75, 3.05) is 12.0 Å². The van der Waals surface area contributed by atoms with Gasteiger partial charge in [-0.05, 0) is 30.7 Å². The normalized spacial score (nSPS) is 13.7. The van der Waals surface area contributed by atoms with E-state index in [1.807, 2.05) is 0 Å². The molecule has 5 rings (SSSR count). The molecule has 36 heavy (non-hydrogen) atoms. The highest BCUT2D eigenvalue weighted by atomic mass is 19.4. The van der Waals surface area contributed by atoms with Crippen molar-refractivity contribution in [2.45, 2.75) is 26.1 Å². The minimum absolute atomic E-state index is 0.0312. The highest BCUT2D eigenvalue weighted by Crippen LogP contribution is 2.34. The number of benzene rings is 1. The minimum atomic E-state index is -4.59. The lowest BCUT2D eigenvalue weighted by molar-refractivity contribution is -0.140. The first-order valence-electron chi connectivity index (χ1n) is 11.0. The molecule has 0 aliphatic carbocycles. The van der Waals surface area contributed by atoms with Crippen LogP contribution >= 0.6 is 0 Å². The van der Waals surface area contributed by atoms with Crippen LogP contribution in [-0.4, -0.2) is 32.3 Å².